The molecule has 2 heterocycles. The molecule has 0 spiro atoms. The van der Waals surface area contributed by atoms with E-state index in [1.54, 1.807) is 29.2 Å². The van der Waals surface area contributed by atoms with Crippen molar-refractivity contribution < 1.29 is 9.59 Å². The maximum atomic E-state index is 12.6. The number of benzene rings is 2. The first kappa shape index (κ1) is 24.4. The molecule has 3 aromatic rings. The van der Waals surface area contributed by atoms with Crippen LogP contribution in [0.3, 0.4) is 0 Å². The minimum Gasteiger partial charge on any atom is -0.368 e. The van der Waals surface area contributed by atoms with Gasteiger partial charge in [-0.1, -0.05) is 41.3 Å². The van der Waals surface area contributed by atoms with Gasteiger partial charge in [0.2, 0.25) is 5.91 Å². The zero-order valence-electron chi connectivity index (χ0n) is 19.6. The van der Waals surface area contributed by atoms with Crippen molar-refractivity contribution in [1.29, 1.82) is 0 Å². The van der Waals surface area contributed by atoms with Crippen molar-refractivity contribution in [3.8, 4) is 0 Å². The van der Waals surface area contributed by atoms with Gasteiger partial charge in [-0.25, -0.2) is 4.98 Å². The topological polar surface area (TPSA) is 161 Å². The number of carbonyl (C=O) groups excluding carboxylic acids is 2. The van der Waals surface area contributed by atoms with Crippen LogP contribution in [0.4, 0.5) is 5.69 Å². The predicted octanol–water partition coefficient (Wildman–Crippen LogP) is 1.24. The first-order chi connectivity index (χ1) is 17.4. The van der Waals surface area contributed by atoms with Crippen molar-refractivity contribution in [2.75, 3.05) is 31.1 Å². The van der Waals surface area contributed by atoms with Crippen molar-refractivity contribution in [1.82, 2.24) is 25.6 Å². The molecule has 2 amide bonds. The maximum absolute atomic E-state index is 12.6. The van der Waals surface area contributed by atoms with Crippen molar-refractivity contribution in [2.45, 2.75) is 13.0 Å². The third-order valence-electron chi connectivity index (χ3n) is 5.82. The number of para-hydroxylation sites is 1. The average Bonchev–Trinajstić information content (AvgIpc) is 2.90. The highest BCUT2D eigenvalue weighted by atomic mass is 16.2. The molecule has 1 fully saturated rings. The number of anilines is 1. The van der Waals surface area contributed by atoms with Gasteiger partial charge in [0.15, 0.2) is 5.82 Å². The lowest BCUT2D eigenvalue weighted by Gasteiger charge is -2.36. The third-order valence-corrected chi connectivity index (χ3v) is 5.82. The van der Waals surface area contributed by atoms with E-state index in [4.69, 9.17) is 5.84 Å². The number of amides is 2. The average molecular weight is 490 g/mol. The predicted molar refractivity (Wildman–Crippen MR) is 135 cm³/mol. The molecule has 0 unspecified atom stereocenters. The summed E-state index contributed by atoms with van der Waals surface area (Å²) >= 11 is 0. The van der Waals surface area contributed by atoms with E-state index in [9.17, 15) is 14.4 Å². The lowest BCUT2D eigenvalue weighted by Crippen LogP contribution is -2.49. The van der Waals surface area contributed by atoms with E-state index >= 15 is 0 Å². The van der Waals surface area contributed by atoms with Gasteiger partial charge in [0.25, 0.3) is 11.5 Å². The van der Waals surface area contributed by atoms with E-state index in [0.717, 1.165) is 11.3 Å². The number of piperazine rings is 1. The van der Waals surface area contributed by atoms with Crippen LogP contribution in [0, 0.1) is 0 Å². The summed E-state index contributed by atoms with van der Waals surface area (Å²) in [6.07, 6.45) is 0.117. The van der Waals surface area contributed by atoms with Crippen LogP contribution in [-0.2, 0) is 11.3 Å². The Hall–Kier alpha value is -4.74. The van der Waals surface area contributed by atoms with Crippen LogP contribution in [0.25, 0.3) is 10.9 Å². The van der Waals surface area contributed by atoms with Gasteiger partial charge in [0.1, 0.15) is 0 Å². The number of fused-ring (bicyclic) bond motifs is 1. The van der Waals surface area contributed by atoms with E-state index < -0.39 is 5.91 Å². The zero-order valence-corrected chi connectivity index (χ0v) is 19.6. The quantitative estimate of drug-likeness (QED) is 0.210. The Morgan fingerprint density at radius 1 is 1.11 bits per heavy atom. The normalized spacial score (nSPS) is 13.7. The van der Waals surface area contributed by atoms with E-state index in [0.29, 0.717) is 42.8 Å². The van der Waals surface area contributed by atoms with Gasteiger partial charge in [-0.2, -0.15) is 0 Å². The number of carbonyl (C=O) groups is 2. The van der Waals surface area contributed by atoms with Gasteiger partial charge < -0.3 is 25.9 Å². The minimum atomic E-state index is -0.459. The maximum Gasteiger partial charge on any atom is 0.287 e. The Balaban J connectivity index is 1.32. The molecule has 4 rings (SSSR count). The Morgan fingerprint density at radius 2 is 1.89 bits per heavy atom. The summed E-state index contributed by atoms with van der Waals surface area (Å²) in [5.74, 6) is 4.40. The summed E-state index contributed by atoms with van der Waals surface area (Å²) in [6.45, 7) is 6.51. The molecule has 186 valence electrons. The van der Waals surface area contributed by atoms with Crippen LogP contribution < -0.4 is 27.0 Å². The van der Waals surface area contributed by atoms with E-state index in [1.165, 1.54) is 0 Å². The highest BCUT2D eigenvalue weighted by molar-refractivity contribution is 5.92. The van der Waals surface area contributed by atoms with E-state index in [2.05, 4.69) is 42.6 Å². The van der Waals surface area contributed by atoms with Crippen molar-refractivity contribution in [3.05, 3.63) is 82.5 Å². The fourth-order valence-corrected chi connectivity index (χ4v) is 3.97. The van der Waals surface area contributed by atoms with Crippen LogP contribution in [-0.4, -0.2) is 52.9 Å². The molecule has 0 aliphatic carbocycles. The second-order valence-corrected chi connectivity index (χ2v) is 8.26. The number of nitrogens with one attached hydrogen (secondary N) is 3. The molecular weight excluding hydrogens is 462 g/mol. The highest BCUT2D eigenvalue weighted by Crippen LogP contribution is 2.19. The largest absolute Gasteiger partial charge is 0.368 e. The molecule has 1 aliphatic rings. The number of rotatable bonds is 8. The fraction of sp³-hybridized carbons (Fsp3) is 0.250. The van der Waals surface area contributed by atoms with Crippen LogP contribution in [0.1, 0.15) is 22.6 Å². The highest BCUT2D eigenvalue weighted by Gasteiger charge is 2.22. The van der Waals surface area contributed by atoms with Crippen molar-refractivity contribution >= 4 is 28.4 Å². The van der Waals surface area contributed by atoms with Crippen LogP contribution in [0.5, 0.6) is 0 Å². The summed E-state index contributed by atoms with van der Waals surface area (Å²) in [5, 5.41) is 9.74. The van der Waals surface area contributed by atoms with Gasteiger partial charge in [0, 0.05) is 44.1 Å². The minimum absolute atomic E-state index is 0.0281. The van der Waals surface area contributed by atoms with Crippen LogP contribution in [0.15, 0.2) is 76.0 Å². The molecule has 12 nitrogen and oxygen atoms in total. The monoisotopic (exact) mass is 489 g/mol. The summed E-state index contributed by atoms with van der Waals surface area (Å²) < 4.78 is 0. The number of hydrogen-bond acceptors (Lipinski definition) is 7. The molecular formula is C24H27N9O3. The fourth-order valence-electron chi connectivity index (χ4n) is 3.97. The zero-order chi connectivity index (χ0) is 25.5. The molecule has 2 aromatic carbocycles. The van der Waals surface area contributed by atoms with E-state index in [-0.39, 0.29) is 30.3 Å². The smallest absolute Gasteiger partial charge is 0.287 e. The molecule has 1 saturated heterocycles. The number of H-pyrrole nitrogens is 1. The number of hydrogen-bond donors (Lipinski definition) is 4. The third kappa shape index (κ3) is 5.84. The SMILES string of the molecule is C=C(CC(=O)N1CCN(c2cccc(CNC(=O)c3nc4ccccc4c(=O)[nH]3)c2)CC1)N/N=N\N. The number of aromatic nitrogens is 2. The lowest BCUT2D eigenvalue weighted by atomic mass is 10.1. The Labute approximate surface area is 206 Å². The van der Waals surface area contributed by atoms with Crippen LogP contribution >= 0.6 is 0 Å². The van der Waals surface area contributed by atoms with Gasteiger partial charge >= 0.3 is 0 Å². The Kier molecular flexibility index (Phi) is 7.54. The summed E-state index contributed by atoms with van der Waals surface area (Å²) in [4.78, 5) is 48.1. The summed E-state index contributed by atoms with van der Waals surface area (Å²) in [6, 6.07) is 14.7. The van der Waals surface area contributed by atoms with Gasteiger partial charge in [-0.3, -0.25) is 19.8 Å². The first-order valence-corrected chi connectivity index (χ1v) is 11.4. The van der Waals surface area contributed by atoms with Crippen LogP contribution in [0.2, 0.25) is 0 Å². The van der Waals surface area contributed by atoms with Crippen molar-refractivity contribution in [3.63, 3.8) is 0 Å². The second-order valence-electron chi connectivity index (χ2n) is 8.26. The molecule has 1 aromatic heterocycles. The second kappa shape index (κ2) is 11.1. The molecule has 0 bridgehead atoms. The van der Waals surface area contributed by atoms with Crippen molar-refractivity contribution in [2.24, 2.45) is 16.3 Å². The standard InChI is InChI=1S/C24H27N9O3/c1-16(29-31-30-25)13-21(34)33-11-9-32(10-12-33)18-6-4-5-17(14-18)15-26-24(36)22-27-20-8-3-2-7-19(20)23(35)28-22/h2-8,14H,1,9-13,15H2,(H2,25,31)(H,26,36)(H,29,30)(H,27,28,35). The van der Waals surface area contributed by atoms with Gasteiger partial charge in [-0.15, -0.1) is 0 Å². The molecule has 36 heavy (non-hydrogen) atoms. The Morgan fingerprint density at radius 3 is 2.67 bits per heavy atom. The van der Waals surface area contributed by atoms with E-state index in [1.807, 2.05) is 24.3 Å². The van der Waals surface area contributed by atoms with Gasteiger partial charge in [0.05, 0.1) is 17.3 Å². The molecule has 5 N–H and O–H groups in total. The molecule has 12 heteroatoms. The summed E-state index contributed by atoms with van der Waals surface area (Å²) in [7, 11) is 0. The summed E-state index contributed by atoms with van der Waals surface area (Å²) in [5.41, 5.74) is 4.95. The number of nitrogens with two attached hydrogens (primary N) is 1. The lowest BCUT2D eigenvalue weighted by molar-refractivity contribution is -0.130. The Bertz CT molecular complexity index is 1360. The molecule has 1 aliphatic heterocycles. The molecule has 0 radical (unpaired) electrons. The van der Waals surface area contributed by atoms with Gasteiger partial charge in [-0.05, 0) is 29.8 Å². The number of aromatic amines is 1. The molecule has 0 atom stereocenters. The molecule has 0 saturated carbocycles. The number of nitrogens with zero attached hydrogens (tertiary/aromatic N) is 5. The first-order valence-electron chi connectivity index (χ1n) is 11.4.